The third kappa shape index (κ3) is 9.54. The van der Waals surface area contributed by atoms with Crippen LogP contribution in [0.15, 0.2) is 11.5 Å². The molecule has 0 saturated carbocycles. The molecule has 0 unspecified atom stereocenters. The summed E-state index contributed by atoms with van der Waals surface area (Å²) in [5.41, 5.74) is -0.518. The third-order valence-electron chi connectivity index (χ3n) is 0.909. The summed E-state index contributed by atoms with van der Waals surface area (Å²) >= 11 is 5.79. The molecule has 13 heavy (non-hydrogen) atoms. The van der Waals surface area contributed by atoms with Crippen LogP contribution < -0.4 is 0 Å². The van der Waals surface area contributed by atoms with Crippen LogP contribution >= 0.6 is 11.6 Å². The van der Waals surface area contributed by atoms with Crippen molar-refractivity contribution in [2.45, 2.75) is 52.7 Å². The summed E-state index contributed by atoms with van der Waals surface area (Å²) in [4.78, 5) is 0. The Labute approximate surface area is 85.9 Å². The van der Waals surface area contributed by atoms with Crippen molar-refractivity contribution in [2.75, 3.05) is 0 Å². The van der Waals surface area contributed by atoms with Crippen molar-refractivity contribution < 1.29 is 9.47 Å². The minimum absolute atomic E-state index is 0.235. The highest BCUT2D eigenvalue weighted by Gasteiger charge is 2.14. The van der Waals surface area contributed by atoms with Crippen LogP contribution in [0.5, 0.6) is 0 Å². The Balaban J connectivity index is 4.05. The first-order valence-corrected chi connectivity index (χ1v) is 4.70. The van der Waals surface area contributed by atoms with Crippen LogP contribution in [0.4, 0.5) is 0 Å². The lowest BCUT2D eigenvalue weighted by atomic mass is 10.2. The highest BCUT2D eigenvalue weighted by atomic mass is 35.5. The SMILES string of the molecule is CC(C)(C)O/C=C(/Cl)OC(C)(C)C. The van der Waals surface area contributed by atoms with Gasteiger partial charge in [0.05, 0.1) is 0 Å². The maximum atomic E-state index is 5.79. The van der Waals surface area contributed by atoms with Crippen molar-refractivity contribution >= 4 is 11.6 Å². The molecular formula is C10H19ClO2. The Morgan fingerprint density at radius 1 is 1.00 bits per heavy atom. The fourth-order valence-corrected chi connectivity index (χ4v) is 0.816. The minimum atomic E-state index is -0.283. The van der Waals surface area contributed by atoms with E-state index >= 15 is 0 Å². The van der Waals surface area contributed by atoms with Crippen LogP contribution in [-0.4, -0.2) is 11.2 Å². The smallest absolute Gasteiger partial charge is 0.223 e. The molecule has 0 aromatic rings. The molecule has 2 nitrogen and oxygen atoms in total. The molecule has 0 atom stereocenters. The zero-order valence-corrected chi connectivity index (χ0v) is 10.0. The average Bonchev–Trinajstić information content (AvgIpc) is 1.78. The Morgan fingerprint density at radius 2 is 1.46 bits per heavy atom. The molecule has 0 N–H and O–H groups in total. The molecule has 78 valence electrons. The summed E-state index contributed by atoms with van der Waals surface area (Å²) < 4.78 is 10.7. The summed E-state index contributed by atoms with van der Waals surface area (Å²) in [6, 6.07) is 0. The van der Waals surface area contributed by atoms with E-state index in [9.17, 15) is 0 Å². The molecule has 0 spiro atoms. The maximum Gasteiger partial charge on any atom is 0.223 e. The zero-order chi connectivity index (χ0) is 10.7. The summed E-state index contributed by atoms with van der Waals surface area (Å²) in [5.74, 6) is 0. The highest BCUT2D eigenvalue weighted by Crippen LogP contribution is 2.18. The number of halogens is 1. The van der Waals surface area contributed by atoms with Gasteiger partial charge in [-0.2, -0.15) is 0 Å². The molecule has 0 radical (unpaired) electrons. The fraction of sp³-hybridized carbons (Fsp3) is 0.800. The molecule has 0 aromatic carbocycles. The topological polar surface area (TPSA) is 18.5 Å². The van der Waals surface area contributed by atoms with Crippen molar-refractivity contribution in [1.82, 2.24) is 0 Å². The maximum absolute atomic E-state index is 5.79. The summed E-state index contributed by atoms with van der Waals surface area (Å²) in [6.45, 7) is 11.6. The van der Waals surface area contributed by atoms with E-state index in [1.807, 2.05) is 41.5 Å². The van der Waals surface area contributed by atoms with Gasteiger partial charge in [0.1, 0.15) is 17.5 Å². The predicted molar refractivity (Wildman–Crippen MR) is 55.6 cm³/mol. The standard InChI is InChI=1S/C10H19ClO2/c1-9(2,3)12-7-8(11)13-10(4,5)6/h7H,1-6H3/b8-7-. The zero-order valence-electron chi connectivity index (χ0n) is 9.27. The van der Waals surface area contributed by atoms with Gasteiger partial charge in [-0.3, -0.25) is 0 Å². The van der Waals surface area contributed by atoms with Crippen molar-refractivity contribution in [1.29, 1.82) is 0 Å². The first-order valence-electron chi connectivity index (χ1n) is 4.33. The van der Waals surface area contributed by atoms with Crippen LogP contribution in [0, 0.1) is 0 Å². The van der Waals surface area contributed by atoms with Gasteiger partial charge in [-0.05, 0) is 53.1 Å². The number of hydrogen-bond donors (Lipinski definition) is 0. The van der Waals surface area contributed by atoms with E-state index in [4.69, 9.17) is 21.1 Å². The second-order valence-electron chi connectivity index (χ2n) is 4.87. The Bertz CT molecular complexity index is 184. The second kappa shape index (κ2) is 4.23. The average molecular weight is 207 g/mol. The van der Waals surface area contributed by atoms with E-state index in [1.54, 1.807) is 0 Å². The van der Waals surface area contributed by atoms with E-state index in [0.29, 0.717) is 0 Å². The highest BCUT2D eigenvalue weighted by molar-refractivity contribution is 6.28. The van der Waals surface area contributed by atoms with Crippen molar-refractivity contribution in [2.24, 2.45) is 0 Å². The largest absolute Gasteiger partial charge is 0.491 e. The van der Waals surface area contributed by atoms with Crippen LogP contribution in [-0.2, 0) is 9.47 Å². The van der Waals surface area contributed by atoms with Crippen LogP contribution in [0.2, 0.25) is 0 Å². The van der Waals surface area contributed by atoms with Gasteiger partial charge < -0.3 is 9.47 Å². The molecular weight excluding hydrogens is 188 g/mol. The van der Waals surface area contributed by atoms with Crippen LogP contribution in [0.25, 0.3) is 0 Å². The van der Waals surface area contributed by atoms with E-state index in [-0.39, 0.29) is 16.4 Å². The Morgan fingerprint density at radius 3 is 1.77 bits per heavy atom. The molecule has 3 heteroatoms. The lowest BCUT2D eigenvalue weighted by molar-refractivity contribution is 0.0366. The van der Waals surface area contributed by atoms with Gasteiger partial charge in [0.15, 0.2) is 0 Å². The molecule has 0 aliphatic heterocycles. The molecule has 0 aliphatic carbocycles. The van der Waals surface area contributed by atoms with Gasteiger partial charge in [0, 0.05) is 0 Å². The second-order valence-corrected chi connectivity index (χ2v) is 5.24. The van der Waals surface area contributed by atoms with Crippen LogP contribution in [0.3, 0.4) is 0 Å². The van der Waals surface area contributed by atoms with Gasteiger partial charge in [0.25, 0.3) is 0 Å². The fourth-order valence-electron chi connectivity index (χ4n) is 0.540. The summed E-state index contributed by atoms with van der Waals surface area (Å²) in [7, 11) is 0. The van der Waals surface area contributed by atoms with Crippen molar-refractivity contribution in [3.8, 4) is 0 Å². The molecule has 0 heterocycles. The molecule has 0 aromatic heterocycles. The van der Waals surface area contributed by atoms with Crippen LogP contribution in [0.1, 0.15) is 41.5 Å². The molecule has 0 rings (SSSR count). The van der Waals surface area contributed by atoms with Gasteiger partial charge in [0.2, 0.25) is 5.22 Å². The third-order valence-corrected chi connectivity index (χ3v) is 1.08. The number of ether oxygens (including phenoxy) is 2. The van der Waals surface area contributed by atoms with E-state index in [2.05, 4.69) is 0 Å². The van der Waals surface area contributed by atoms with Gasteiger partial charge >= 0.3 is 0 Å². The minimum Gasteiger partial charge on any atom is -0.491 e. The van der Waals surface area contributed by atoms with Crippen molar-refractivity contribution in [3.05, 3.63) is 11.5 Å². The number of hydrogen-bond acceptors (Lipinski definition) is 2. The van der Waals surface area contributed by atoms with E-state index in [1.165, 1.54) is 6.26 Å². The van der Waals surface area contributed by atoms with Gasteiger partial charge in [-0.15, -0.1) is 0 Å². The van der Waals surface area contributed by atoms with E-state index in [0.717, 1.165) is 0 Å². The normalized spacial score (nSPS) is 14.2. The molecule has 0 aliphatic rings. The van der Waals surface area contributed by atoms with Crippen molar-refractivity contribution in [3.63, 3.8) is 0 Å². The first-order chi connectivity index (χ1) is 5.60. The number of rotatable bonds is 2. The summed E-state index contributed by atoms with van der Waals surface area (Å²) in [5, 5.41) is 0.280. The van der Waals surface area contributed by atoms with Gasteiger partial charge in [-0.1, -0.05) is 0 Å². The Hall–Kier alpha value is -0.370. The molecule has 0 fully saturated rings. The lowest BCUT2D eigenvalue weighted by Gasteiger charge is -2.22. The first kappa shape index (κ1) is 12.6. The molecule has 0 bridgehead atoms. The summed E-state index contributed by atoms with van der Waals surface area (Å²) in [6.07, 6.45) is 1.44. The predicted octanol–water partition coefficient (Wildman–Crippen LogP) is 3.65. The van der Waals surface area contributed by atoms with E-state index < -0.39 is 0 Å². The quantitative estimate of drug-likeness (QED) is 0.642. The lowest BCUT2D eigenvalue weighted by Crippen LogP contribution is -2.19. The molecule has 0 amide bonds. The van der Waals surface area contributed by atoms with Gasteiger partial charge in [-0.25, -0.2) is 0 Å². The monoisotopic (exact) mass is 206 g/mol. The Kier molecular flexibility index (Phi) is 4.11. The molecule has 0 saturated heterocycles.